The van der Waals surface area contributed by atoms with Gasteiger partial charge in [0.2, 0.25) is 0 Å². The van der Waals surface area contributed by atoms with Crippen molar-refractivity contribution in [2.45, 2.75) is 20.8 Å². The first kappa shape index (κ1) is 21.5. The Balaban J connectivity index is 1.75. The number of nitrogens with one attached hydrogen (secondary N) is 1. The van der Waals surface area contributed by atoms with E-state index in [1.165, 1.54) is 17.4 Å². The molecule has 4 aromatic rings. The highest BCUT2D eigenvalue weighted by Gasteiger charge is 2.24. The molecule has 0 aliphatic carbocycles. The maximum absolute atomic E-state index is 12.9. The second kappa shape index (κ2) is 8.80. The molecule has 0 radical (unpaired) electrons. The molecule has 32 heavy (non-hydrogen) atoms. The van der Waals surface area contributed by atoms with E-state index in [0.717, 1.165) is 16.7 Å². The van der Waals surface area contributed by atoms with Crippen LogP contribution in [0, 0.1) is 13.8 Å². The van der Waals surface area contributed by atoms with E-state index in [0.29, 0.717) is 21.5 Å². The molecule has 7 heteroatoms. The van der Waals surface area contributed by atoms with Crippen molar-refractivity contribution in [2.24, 2.45) is 0 Å². The number of esters is 1. The van der Waals surface area contributed by atoms with Crippen molar-refractivity contribution in [3.8, 4) is 11.1 Å². The number of hydrogen-bond acceptors (Lipinski definition) is 6. The van der Waals surface area contributed by atoms with Gasteiger partial charge in [0.1, 0.15) is 21.7 Å². The number of hydrogen-bond donors (Lipinski definition) is 1. The van der Waals surface area contributed by atoms with Gasteiger partial charge in [-0.1, -0.05) is 36.4 Å². The highest BCUT2D eigenvalue weighted by atomic mass is 32.1. The van der Waals surface area contributed by atoms with E-state index in [9.17, 15) is 14.4 Å². The zero-order valence-electron chi connectivity index (χ0n) is 17.9. The van der Waals surface area contributed by atoms with Crippen LogP contribution >= 0.6 is 11.3 Å². The van der Waals surface area contributed by atoms with Crippen molar-refractivity contribution in [3.63, 3.8) is 0 Å². The molecule has 2 heterocycles. The molecule has 0 aliphatic heterocycles. The molecule has 1 N–H and O–H groups in total. The number of carbonyl (C=O) groups is 2. The van der Waals surface area contributed by atoms with Crippen molar-refractivity contribution in [2.75, 3.05) is 11.9 Å². The second-order valence-electron chi connectivity index (χ2n) is 7.31. The van der Waals surface area contributed by atoms with Gasteiger partial charge in [0.25, 0.3) is 5.91 Å². The van der Waals surface area contributed by atoms with Crippen LogP contribution in [0.4, 0.5) is 5.00 Å². The molecule has 6 nitrogen and oxygen atoms in total. The Morgan fingerprint density at radius 3 is 2.59 bits per heavy atom. The predicted octanol–water partition coefficient (Wildman–Crippen LogP) is 5.57. The second-order valence-corrected chi connectivity index (χ2v) is 8.19. The molecular formula is C25H21NO5S. The Kier molecular flexibility index (Phi) is 5.92. The molecule has 0 unspecified atom stereocenters. The van der Waals surface area contributed by atoms with Crippen LogP contribution in [0.15, 0.2) is 63.1 Å². The lowest BCUT2D eigenvalue weighted by Crippen LogP contribution is -2.21. The number of carbonyl (C=O) groups excluding carboxylic acids is 2. The van der Waals surface area contributed by atoms with Gasteiger partial charge in [-0.25, -0.2) is 9.59 Å². The average molecular weight is 448 g/mol. The molecule has 0 fully saturated rings. The summed E-state index contributed by atoms with van der Waals surface area (Å²) < 4.78 is 10.5. The fourth-order valence-corrected chi connectivity index (χ4v) is 4.32. The number of amides is 1. The van der Waals surface area contributed by atoms with E-state index in [1.54, 1.807) is 36.6 Å². The standard InChI is InChI=1S/C25H21NO5S/c1-4-30-25(29)21-19(16-10-9-14(2)15(3)11-16)13-32-23(21)26-22(27)18-12-17-7-5-6-8-20(17)31-24(18)28/h5-13H,4H2,1-3H3,(H,26,27). The number of aryl methyl sites for hydroxylation is 2. The molecule has 162 valence electrons. The third-order valence-corrected chi connectivity index (χ3v) is 6.10. The van der Waals surface area contributed by atoms with E-state index >= 15 is 0 Å². The molecule has 0 aliphatic rings. The summed E-state index contributed by atoms with van der Waals surface area (Å²) in [6.45, 7) is 5.93. The monoisotopic (exact) mass is 447 g/mol. The van der Waals surface area contributed by atoms with Crippen molar-refractivity contribution in [3.05, 3.63) is 86.6 Å². The SMILES string of the molecule is CCOC(=O)c1c(-c2ccc(C)c(C)c2)csc1NC(=O)c1cc2ccccc2oc1=O. The minimum Gasteiger partial charge on any atom is -0.462 e. The van der Waals surface area contributed by atoms with Crippen molar-refractivity contribution in [1.29, 1.82) is 0 Å². The lowest BCUT2D eigenvalue weighted by Gasteiger charge is -2.10. The lowest BCUT2D eigenvalue weighted by atomic mass is 9.99. The predicted molar refractivity (Wildman–Crippen MR) is 126 cm³/mol. The minimum atomic E-state index is -0.746. The number of benzene rings is 2. The maximum Gasteiger partial charge on any atom is 0.349 e. The van der Waals surface area contributed by atoms with Crippen molar-refractivity contribution in [1.82, 2.24) is 0 Å². The quantitative estimate of drug-likeness (QED) is 0.319. The molecule has 0 bridgehead atoms. The smallest absolute Gasteiger partial charge is 0.349 e. The Morgan fingerprint density at radius 2 is 1.84 bits per heavy atom. The molecule has 2 aromatic carbocycles. The van der Waals surface area contributed by atoms with E-state index in [-0.39, 0.29) is 17.7 Å². The molecule has 2 aromatic heterocycles. The zero-order chi connectivity index (χ0) is 22.8. The Hall–Kier alpha value is -3.71. The van der Waals surface area contributed by atoms with Crippen LogP contribution in [0.2, 0.25) is 0 Å². The van der Waals surface area contributed by atoms with Gasteiger partial charge in [0, 0.05) is 16.3 Å². The zero-order valence-corrected chi connectivity index (χ0v) is 18.7. The summed E-state index contributed by atoms with van der Waals surface area (Å²) in [5.74, 6) is -1.19. The average Bonchev–Trinajstić information content (AvgIpc) is 3.18. The summed E-state index contributed by atoms with van der Waals surface area (Å²) in [7, 11) is 0. The summed E-state index contributed by atoms with van der Waals surface area (Å²) in [5, 5.41) is 5.45. The van der Waals surface area contributed by atoms with Gasteiger partial charge in [-0.15, -0.1) is 11.3 Å². The van der Waals surface area contributed by atoms with Crippen LogP contribution in [-0.2, 0) is 4.74 Å². The van der Waals surface area contributed by atoms with Crippen LogP contribution in [0.3, 0.4) is 0 Å². The van der Waals surface area contributed by atoms with E-state index < -0.39 is 17.5 Å². The topological polar surface area (TPSA) is 85.6 Å². The van der Waals surface area contributed by atoms with Crippen molar-refractivity contribution < 1.29 is 18.7 Å². The van der Waals surface area contributed by atoms with E-state index in [1.807, 2.05) is 32.0 Å². The third kappa shape index (κ3) is 4.07. The van der Waals surface area contributed by atoms with Gasteiger partial charge in [-0.3, -0.25) is 4.79 Å². The highest BCUT2D eigenvalue weighted by molar-refractivity contribution is 7.15. The first-order valence-corrected chi connectivity index (χ1v) is 11.0. The Labute approximate surface area is 188 Å². The number of fused-ring (bicyclic) bond motifs is 1. The van der Waals surface area contributed by atoms with Crippen LogP contribution in [0.5, 0.6) is 0 Å². The first-order valence-electron chi connectivity index (χ1n) is 10.1. The summed E-state index contributed by atoms with van der Waals surface area (Å²) >= 11 is 1.20. The molecule has 4 rings (SSSR count). The first-order chi connectivity index (χ1) is 15.4. The van der Waals surface area contributed by atoms with Gasteiger partial charge >= 0.3 is 11.6 Å². The highest BCUT2D eigenvalue weighted by Crippen LogP contribution is 2.37. The van der Waals surface area contributed by atoms with Gasteiger partial charge < -0.3 is 14.5 Å². The Bertz CT molecular complexity index is 1400. The molecule has 0 saturated heterocycles. The molecule has 0 spiro atoms. The molecule has 0 saturated carbocycles. The normalized spacial score (nSPS) is 10.8. The van der Waals surface area contributed by atoms with Gasteiger partial charge in [-0.05, 0) is 49.6 Å². The van der Waals surface area contributed by atoms with Crippen LogP contribution in [-0.4, -0.2) is 18.5 Å². The van der Waals surface area contributed by atoms with Gasteiger partial charge in [0.05, 0.1) is 6.61 Å². The number of ether oxygens (including phenoxy) is 1. The summed E-state index contributed by atoms with van der Waals surface area (Å²) in [6, 6.07) is 14.3. The summed E-state index contributed by atoms with van der Waals surface area (Å²) in [5.41, 5.74) is 3.51. The molecule has 0 atom stereocenters. The van der Waals surface area contributed by atoms with E-state index in [2.05, 4.69) is 5.32 Å². The lowest BCUT2D eigenvalue weighted by molar-refractivity contribution is 0.0529. The number of anilines is 1. The number of para-hydroxylation sites is 1. The molecule has 1 amide bonds. The third-order valence-electron chi connectivity index (χ3n) is 5.20. The largest absolute Gasteiger partial charge is 0.462 e. The van der Waals surface area contributed by atoms with Gasteiger partial charge in [-0.2, -0.15) is 0 Å². The van der Waals surface area contributed by atoms with Gasteiger partial charge in [0.15, 0.2) is 0 Å². The summed E-state index contributed by atoms with van der Waals surface area (Å²) in [4.78, 5) is 38.1. The fraction of sp³-hybridized carbons (Fsp3) is 0.160. The fourth-order valence-electron chi connectivity index (χ4n) is 3.37. The Morgan fingerprint density at radius 1 is 1.06 bits per heavy atom. The minimum absolute atomic E-state index is 0.139. The van der Waals surface area contributed by atoms with E-state index in [4.69, 9.17) is 9.15 Å². The summed E-state index contributed by atoms with van der Waals surface area (Å²) in [6.07, 6.45) is 0. The van der Waals surface area contributed by atoms with Crippen LogP contribution < -0.4 is 10.9 Å². The van der Waals surface area contributed by atoms with Crippen molar-refractivity contribution >= 4 is 39.2 Å². The van der Waals surface area contributed by atoms with Crippen LogP contribution in [0.1, 0.15) is 38.8 Å². The number of rotatable bonds is 5. The maximum atomic E-state index is 12.9. The number of thiophene rings is 1. The van der Waals surface area contributed by atoms with Crippen LogP contribution in [0.25, 0.3) is 22.1 Å². The molecular weight excluding hydrogens is 426 g/mol.